The summed E-state index contributed by atoms with van der Waals surface area (Å²) in [4.78, 5) is -0.238. The maximum atomic E-state index is 11.1. The fourth-order valence-corrected chi connectivity index (χ4v) is 2.39. The van der Waals surface area contributed by atoms with Crippen LogP contribution in [0.25, 0.3) is 0 Å². The lowest BCUT2D eigenvalue weighted by Crippen LogP contribution is -2.13. The highest BCUT2D eigenvalue weighted by Crippen LogP contribution is 2.36. The van der Waals surface area contributed by atoms with Gasteiger partial charge in [-0.1, -0.05) is 29.1 Å². The Balaban J connectivity index is 3.14. The molecule has 0 aliphatic carbocycles. The van der Waals surface area contributed by atoms with Gasteiger partial charge in [-0.05, 0) is 19.1 Å². The number of hydrogen-bond acceptors (Lipinski definition) is 3. The lowest BCUT2D eigenvalue weighted by Gasteiger charge is -2.08. The summed E-state index contributed by atoms with van der Waals surface area (Å²) in [6.07, 6.45) is 0. The third-order valence-electron chi connectivity index (χ3n) is 1.79. The molecule has 0 aromatic heterocycles. The van der Waals surface area contributed by atoms with Gasteiger partial charge >= 0.3 is 0 Å². The van der Waals surface area contributed by atoms with Crippen molar-refractivity contribution in [2.24, 2.45) is 5.14 Å². The van der Waals surface area contributed by atoms with Crippen LogP contribution >= 0.6 is 23.2 Å². The molecule has 7 heteroatoms. The molecule has 0 saturated carbocycles. The summed E-state index contributed by atoms with van der Waals surface area (Å²) in [5, 5.41) is 4.80. The maximum absolute atomic E-state index is 11.1. The normalized spacial score (nSPS) is 10.6. The molecule has 0 spiro atoms. The van der Waals surface area contributed by atoms with Crippen molar-refractivity contribution in [2.75, 3.05) is 6.61 Å². The fourth-order valence-electron chi connectivity index (χ4n) is 1.03. The second kappa shape index (κ2) is 5.61. The Hall–Kier alpha value is -0.930. The van der Waals surface area contributed by atoms with Crippen LogP contribution in [0.15, 0.2) is 17.0 Å². The first-order valence-corrected chi connectivity index (χ1v) is 6.71. The van der Waals surface area contributed by atoms with Crippen molar-refractivity contribution in [1.82, 2.24) is 0 Å². The van der Waals surface area contributed by atoms with E-state index in [1.807, 2.05) is 0 Å². The summed E-state index contributed by atoms with van der Waals surface area (Å²) in [7, 11) is -3.90. The standard InChI is InChI=1S/C10H9Cl2NO3S/c1-2-3-6-16-7-4-5-8(17(13,14)15)10(12)9(7)11/h4-5H,6H2,1H3,(H2,13,14,15). The smallest absolute Gasteiger partial charge is 0.239 e. The van der Waals surface area contributed by atoms with Gasteiger partial charge in [-0.2, -0.15) is 0 Å². The first-order chi connectivity index (χ1) is 7.88. The van der Waals surface area contributed by atoms with Gasteiger partial charge in [0.2, 0.25) is 10.0 Å². The number of nitrogens with two attached hydrogens (primary N) is 1. The van der Waals surface area contributed by atoms with E-state index in [9.17, 15) is 8.42 Å². The van der Waals surface area contributed by atoms with Crippen LogP contribution in [0, 0.1) is 11.8 Å². The Morgan fingerprint density at radius 1 is 1.35 bits per heavy atom. The Labute approximate surface area is 110 Å². The highest BCUT2D eigenvalue weighted by atomic mass is 35.5. The molecule has 0 aliphatic heterocycles. The van der Waals surface area contributed by atoms with Crippen molar-refractivity contribution in [3.05, 3.63) is 22.2 Å². The zero-order valence-corrected chi connectivity index (χ0v) is 11.2. The van der Waals surface area contributed by atoms with Crippen molar-refractivity contribution in [1.29, 1.82) is 0 Å². The van der Waals surface area contributed by atoms with Crippen molar-refractivity contribution in [3.63, 3.8) is 0 Å². The molecular weight excluding hydrogens is 285 g/mol. The molecule has 0 atom stereocenters. The van der Waals surface area contributed by atoms with E-state index in [1.165, 1.54) is 12.1 Å². The predicted octanol–water partition coefficient (Wildman–Crippen LogP) is 2.04. The fraction of sp³-hybridized carbons (Fsp3) is 0.200. The van der Waals surface area contributed by atoms with E-state index in [4.69, 9.17) is 33.1 Å². The van der Waals surface area contributed by atoms with Crippen LogP contribution in [-0.4, -0.2) is 15.0 Å². The van der Waals surface area contributed by atoms with Gasteiger partial charge in [0.25, 0.3) is 0 Å². The highest BCUT2D eigenvalue weighted by Gasteiger charge is 2.18. The van der Waals surface area contributed by atoms with Crippen LogP contribution in [0.3, 0.4) is 0 Å². The summed E-state index contributed by atoms with van der Waals surface area (Å²) < 4.78 is 27.5. The molecule has 0 aliphatic rings. The average molecular weight is 294 g/mol. The van der Waals surface area contributed by atoms with Gasteiger partial charge in [0.1, 0.15) is 22.3 Å². The van der Waals surface area contributed by atoms with Gasteiger partial charge in [0, 0.05) is 0 Å². The number of ether oxygens (including phenoxy) is 1. The summed E-state index contributed by atoms with van der Waals surface area (Å²) in [5.74, 6) is 5.57. The molecule has 0 fully saturated rings. The first kappa shape index (κ1) is 14.1. The predicted molar refractivity (Wildman–Crippen MR) is 66.8 cm³/mol. The van der Waals surface area contributed by atoms with Crippen LogP contribution < -0.4 is 9.88 Å². The first-order valence-electron chi connectivity index (χ1n) is 4.41. The number of halogens is 2. The number of sulfonamides is 1. The lowest BCUT2D eigenvalue weighted by atomic mass is 10.3. The minimum Gasteiger partial charge on any atom is -0.479 e. The molecule has 2 N–H and O–H groups in total. The van der Waals surface area contributed by atoms with Crippen LogP contribution in [0.2, 0.25) is 10.0 Å². The minimum absolute atomic E-state index is 0.00362. The van der Waals surface area contributed by atoms with Crippen LogP contribution in [-0.2, 0) is 10.0 Å². The molecule has 0 amide bonds. The summed E-state index contributed by atoms with van der Waals surface area (Å²) in [6, 6.07) is 2.61. The molecule has 1 rings (SSSR count). The number of primary sulfonamides is 1. The van der Waals surface area contributed by atoms with Gasteiger partial charge in [-0.3, -0.25) is 0 Å². The van der Waals surface area contributed by atoms with E-state index in [-0.39, 0.29) is 27.3 Å². The Bertz CT molecular complexity index is 588. The van der Waals surface area contributed by atoms with Crippen LogP contribution in [0.4, 0.5) is 0 Å². The molecule has 0 heterocycles. The molecular formula is C10H9Cl2NO3S. The molecule has 4 nitrogen and oxygen atoms in total. The van der Waals surface area contributed by atoms with Gasteiger partial charge in [0.05, 0.1) is 5.02 Å². The maximum Gasteiger partial charge on any atom is 0.239 e. The van der Waals surface area contributed by atoms with Gasteiger partial charge < -0.3 is 4.74 Å². The number of rotatable bonds is 3. The Morgan fingerprint density at radius 3 is 2.53 bits per heavy atom. The topological polar surface area (TPSA) is 69.4 Å². The zero-order valence-electron chi connectivity index (χ0n) is 8.83. The molecule has 1 aromatic carbocycles. The summed E-state index contributed by atoms with van der Waals surface area (Å²) >= 11 is 11.6. The van der Waals surface area contributed by atoms with Gasteiger partial charge in [0.15, 0.2) is 0 Å². The monoisotopic (exact) mass is 293 g/mol. The van der Waals surface area contributed by atoms with E-state index in [1.54, 1.807) is 6.92 Å². The van der Waals surface area contributed by atoms with Crippen molar-refractivity contribution in [2.45, 2.75) is 11.8 Å². The second-order valence-electron chi connectivity index (χ2n) is 2.95. The Kier molecular flexibility index (Phi) is 4.66. The van der Waals surface area contributed by atoms with Crippen LogP contribution in [0.1, 0.15) is 6.92 Å². The minimum atomic E-state index is -3.90. The van der Waals surface area contributed by atoms with E-state index in [0.717, 1.165) is 0 Å². The highest BCUT2D eigenvalue weighted by molar-refractivity contribution is 7.89. The largest absolute Gasteiger partial charge is 0.479 e. The van der Waals surface area contributed by atoms with Crippen LogP contribution in [0.5, 0.6) is 5.75 Å². The third kappa shape index (κ3) is 3.51. The quantitative estimate of drug-likeness (QED) is 0.867. The number of benzene rings is 1. The second-order valence-corrected chi connectivity index (χ2v) is 5.24. The number of hydrogen-bond donors (Lipinski definition) is 1. The van der Waals surface area contributed by atoms with E-state index in [2.05, 4.69) is 11.8 Å². The van der Waals surface area contributed by atoms with E-state index < -0.39 is 10.0 Å². The third-order valence-corrected chi connectivity index (χ3v) is 3.72. The van der Waals surface area contributed by atoms with E-state index in [0.29, 0.717) is 0 Å². The Morgan fingerprint density at radius 2 is 2.00 bits per heavy atom. The molecule has 17 heavy (non-hydrogen) atoms. The molecule has 0 radical (unpaired) electrons. The van der Waals surface area contributed by atoms with Gasteiger partial charge in [-0.25, -0.2) is 13.6 Å². The molecule has 92 valence electrons. The SMILES string of the molecule is CC#CCOc1ccc(S(N)(=O)=O)c(Cl)c1Cl. The molecule has 0 bridgehead atoms. The van der Waals surface area contributed by atoms with Crippen molar-refractivity contribution < 1.29 is 13.2 Å². The van der Waals surface area contributed by atoms with Crippen molar-refractivity contribution in [3.8, 4) is 17.6 Å². The average Bonchev–Trinajstić information content (AvgIpc) is 2.23. The van der Waals surface area contributed by atoms with E-state index >= 15 is 0 Å². The molecule has 0 saturated heterocycles. The molecule has 0 unspecified atom stereocenters. The van der Waals surface area contributed by atoms with Gasteiger partial charge in [-0.15, -0.1) is 5.92 Å². The summed E-state index contributed by atoms with van der Waals surface area (Å²) in [5.41, 5.74) is 0. The zero-order chi connectivity index (χ0) is 13.1. The van der Waals surface area contributed by atoms with Crippen molar-refractivity contribution >= 4 is 33.2 Å². The summed E-state index contributed by atoms with van der Waals surface area (Å²) in [6.45, 7) is 1.81. The lowest BCUT2D eigenvalue weighted by molar-refractivity contribution is 0.370. The molecule has 1 aromatic rings.